The van der Waals surface area contributed by atoms with Gasteiger partial charge in [0.1, 0.15) is 10.6 Å². The van der Waals surface area contributed by atoms with Crippen molar-refractivity contribution < 1.29 is 13.2 Å². The Kier molecular flexibility index (Phi) is 6.43. The molecule has 148 valence electrons. The first-order valence-corrected chi connectivity index (χ1v) is 10.4. The topological polar surface area (TPSA) is 88.6 Å². The first kappa shape index (κ1) is 21.2. The van der Waals surface area contributed by atoms with Gasteiger partial charge in [0.25, 0.3) is 5.91 Å². The van der Waals surface area contributed by atoms with Crippen molar-refractivity contribution >= 4 is 28.3 Å². The molecule has 0 radical (unpaired) electrons. The fourth-order valence-corrected chi connectivity index (χ4v) is 5.26. The van der Waals surface area contributed by atoms with Crippen LogP contribution < -0.4 is 5.73 Å². The zero-order chi connectivity index (χ0) is 18.2. The fourth-order valence-electron chi connectivity index (χ4n) is 3.67. The fraction of sp³-hybridized carbons (Fsp3) is 0.706. The van der Waals surface area contributed by atoms with Gasteiger partial charge in [0, 0.05) is 39.4 Å². The molecule has 1 aromatic rings. The van der Waals surface area contributed by atoms with Gasteiger partial charge in [-0.1, -0.05) is 13.3 Å². The molecule has 1 atom stereocenters. The van der Waals surface area contributed by atoms with E-state index in [-0.39, 0.29) is 28.6 Å². The second-order valence-corrected chi connectivity index (χ2v) is 9.57. The summed E-state index contributed by atoms with van der Waals surface area (Å²) in [5.41, 5.74) is 6.18. The number of likely N-dealkylation sites (tertiary alicyclic amines) is 1. The molecular formula is C17H29ClN4O3S. The molecule has 1 unspecified atom stereocenters. The molecule has 2 aliphatic rings. The normalized spacial score (nSPS) is 24.5. The van der Waals surface area contributed by atoms with Crippen LogP contribution in [0.1, 0.15) is 43.1 Å². The molecule has 2 aliphatic heterocycles. The smallest absolute Gasteiger partial charge is 0.270 e. The average Bonchev–Trinajstić information content (AvgIpc) is 3.19. The monoisotopic (exact) mass is 404 g/mol. The summed E-state index contributed by atoms with van der Waals surface area (Å²) in [6.07, 6.45) is 5.28. The molecule has 26 heavy (non-hydrogen) atoms. The molecule has 2 fully saturated rings. The highest BCUT2D eigenvalue weighted by Crippen LogP contribution is 2.30. The Morgan fingerprint density at radius 3 is 2.46 bits per heavy atom. The first-order valence-electron chi connectivity index (χ1n) is 8.93. The van der Waals surface area contributed by atoms with E-state index in [1.165, 1.54) is 10.4 Å². The van der Waals surface area contributed by atoms with Crippen LogP contribution in [0.5, 0.6) is 0 Å². The van der Waals surface area contributed by atoms with Crippen molar-refractivity contribution in [1.82, 2.24) is 13.8 Å². The number of nitrogens with two attached hydrogens (primary N) is 1. The molecule has 9 heteroatoms. The van der Waals surface area contributed by atoms with Crippen LogP contribution in [0.15, 0.2) is 17.2 Å². The van der Waals surface area contributed by atoms with Crippen molar-refractivity contribution in [3.05, 3.63) is 18.0 Å². The Morgan fingerprint density at radius 1 is 1.23 bits per heavy atom. The summed E-state index contributed by atoms with van der Waals surface area (Å²) < 4.78 is 28.8. The van der Waals surface area contributed by atoms with Crippen molar-refractivity contribution in [1.29, 1.82) is 0 Å². The van der Waals surface area contributed by atoms with Gasteiger partial charge in [0.2, 0.25) is 10.0 Å². The van der Waals surface area contributed by atoms with Gasteiger partial charge in [-0.15, -0.1) is 12.4 Å². The molecule has 1 aromatic heterocycles. The van der Waals surface area contributed by atoms with Crippen LogP contribution in [-0.4, -0.2) is 60.8 Å². The standard InChI is InChI=1S/C17H28N4O3S.ClH/c1-17(12-18)6-9-20(13-17)16(22)15-10-14(11-19(15)2)25(23,24)21-7-4-3-5-8-21;/h10-11H,3-9,12-13,18H2,1-2H3;1H. The Balaban J connectivity index is 0.00000243. The predicted octanol–water partition coefficient (Wildman–Crippen LogP) is 1.43. The van der Waals surface area contributed by atoms with E-state index in [2.05, 4.69) is 6.92 Å². The molecule has 0 aromatic carbocycles. The lowest BCUT2D eigenvalue weighted by Crippen LogP contribution is -2.35. The number of carbonyl (C=O) groups excluding carboxylic acids is 1. The van der Waals surface area contributed by atoms with Gasteiger partial charge in [-0.05, 0) is 37.3 Å². The summed E-state index contributed by atoms with van der Waals surface area (Å²) in [5, 5.41) is 0. The molecule has 0 bridgehead atoms. The van der Waals surface area contributed by atoms with Crippen molar-refractivity contribution in [3.63, 3.8) is 0 Å². The van der Waals surface area contributed by atoms with Crippen molar-refractivity contribution in [2.75, 3.05) is 32.7 Å². The zero-order valence-corrected chi connectivity index (χ0v) is 17.1. The SMILES string of the molecule is Cl.Cn1cc(S(=O)(=O)N2CCCCC2)cc1C(=O)N1CCC(C)(CN)C1. The molecule has 3 heterocycles. The van der Waals surface area contributed by atoms with E-state index in [1.54, 1.807) is 22.7 Å². The zero-order valence-electron chi connectivity index (χ0n) is 15.5. The summed E-state index contributed by atoms with van der Waals surface area (Å²) in [5.74, 6) is -0.125. The Bertz CT molecular complexity index is 758. The number of aromatic nitrogens is 1. The highest BCUT2D eigenvalue weighted by molar-refractivity contribution is 7.89. The van der Waals surface area contributed by atoms with Gasteiger partial charge in [0.05, 0.1) is 0 Å². The summed E-state index contributed by atoms with van der Waals surface area (Å²) in [4.78, 5) is 14.8. The number of hydrogen-bond donors (Lipinski definition) is 1. The van der Waals surface area contributed by atoms with Crippen LogP contribution in [0.25, 0.3) is 0 Å². The van der Waals surface area contributed by atoms with Gasteiger partial charge >= 0.3 is 0 Å². The summed E-state index contributed by atoms with van der Waals surface area (Å²) in [6, 6.07) is 1.52. The number of hydrogen-bond acceptors (Lipinski definition) is 4. The van der Waals surface area contributed by atoms with Crippen LogP contribution in [0.2, 0.25) is 0 Å². The number of carbonyl (C=O) groups is 1. The molecule has 3 rings (SSSR count). The summed E-state index contributed by atoms with van der Waals surface area (Å²) in [7, 11) is -1.80. The van der Waals surface area contributed by atoms with E-state index < -0.39 is 10.0 Å². The van der Waals surface area contributed by atoms with Gasteiger partial charge in [-0.25, -0.2) is 8.42 Å². The second kappa shape index (κ2) is 7.88. The number of piperidine rings is 1. The van der Waals surface area contributed by atoms with Gasteiger partial charge in [0.15, 0.2) is 0 Å². The second-order valence-electron chi connectivity index (χ2n) is 7.63. The van der Waals surface area contributed by atoms with Crippen LogP contribution >= 0.6 is 12.4 Å². The Hall–Kier alpha value is -1.09. The minimum Gasteiger partial charge on any atom is -0.345 e. The first-order chi connectivity index (χ1) is 11.8. The number of rotatable bonds is 4. The third-order valence-electron chi connectivity index (χ3n) is 5.49. The van der Waals surface area contributed by atoms with Gasteiger partial charge < -0.3 is 15.2 Å². The number of nitrogens with zero attached hydrogens (tertiary/aromatic N) is 3. The molecule has 1 amide bonds. The van der Waals surface area contributed by atoms with Crippen LogP contribution in [0.3, 0.4) is 0 Å². The van der Waals surface area contributed by atoms with Crippen LogP contribution in [0, 0.1) is 5.41 Å². The maximum absolute atomic E-state index is 12.8. The number of sulfonamides is 1. The van der Waals surface area contributed by atoms with E-state index in [0.717, 1.165) is 25.7 Å². The molecular weight excluding hydrogens is 376 g/mol. The Labute approximate surface area is 162 Å². The maximum Gasteiger partial charge on any atom is 0.270 e. The van der Waals surface area contributed by atoms with E-state index in [4.69, 9.17) is 5.73 Å². The molecule has 0 aliphatic carbocycles. The molecule has 0 spiro atoms. The quantitative estimate of drug-likeness (QED) is 0.822. The third kappa shape index (κ3) is 3.93. The molecule has 2 N–H and O–H groups in total. The highest BCUT2D eigenvalue weighted by Gasteiger charge is 2.36. The summed E-state index contributed by atoms with van der Waals surface area (Å²) >= 11 is 0. The van der Waals surface area contributed by atoms with E-state index in [9.17, 15) is 13.2 Å². The van der Waals surface area contributed by atoms with Crippen LogP contribution in [0.4, 0.5) is 0 Å². The highest BCUT2D eigenvalue weighted by atomic mass is 35.5. The third-order valence-corrected chi connectivity index (χ3v) is 7.35. The molecule has 7 nitrogen and oxygen atoms in total. The van der Waals surface area contributed by atoms with Gasteiger partial charge in [-0.3, -0.25) is 4.79 Å². The average molecular weight is 405 g/mol. The maximum atomic E-state index is 12.8. The predicted molar refractivity (Wildman–Crippen MR) is 103 cm³/mol. The minimum absolute atomic E-state index is 0. The van der Waals surface area contributed by atoms with Gasteiger partial charge in [-0.2, -0.15) is 4.31 Å². The largest absolute Gasteiger partial charge is 0.345 e. The molecule has 0 saturated carbocycles. The minimum atomic E-state index is -3.53. The van der Waals surface area contributed by atoms with E-state index in [1.807, 2.05) is 0 Å². The lowest BCUT2D eigenvalue weighted by Gasteiger charge is -2.25. The summed E-state index contributed by atoms with van der Waals surface area (Å²) in [6.45, 7) is 5.01. The van der Waals surface area contributed by atoms with E-state index in [0.29, 0.717) is 38.4 Å². The van der Waals surface area contributed by atoms with Crippen molar-refractivity contribution in [2.45, 2.75) is 37.5 Å². The number of aryl methyl sites for hydroxylation is 1. The van der Waals surface area contributed by atoms with Crippen molar-refractivity contribution in [2.24, 2.45) is 18.2 Å². The molecule has 2 saturated heterocycles. The lowest BCUT2D eigenvalue weighted by molar-refractivity contribution is 0.0767. The van der Waals surface area contributed by atoms with Crippen molar-refractivity contribution in [3.8, 4) is 0 Å². The number of amides is 1. The van der Waals surface area contributed by atoms with Crippen LogP contribution in [-0.2, 0) is 17.1 Å². The Morgan fingerprint density at radius 2 is 1.88 bits per heavy atom. The van der Waals surface area contributed by atoms with E-state index >= 15 is 0 Å². The number of halogens is 1. The lowest BCUT2D eigenvalue weighted by atomic mass is 9.90.